The van der Waals surface area contributed by atoms with Gasteiger partial charge in [-0.2, -0.15) is 0 Å². The maximum atomic E-state index is 13.8. The first-order valence-corrected chi connectivity index (χ1v) is 6.07. The summed E-state index contributed by atoms with van der Waals surface area (Å²) in [5.74, 6) is -0.381. The molecule has 2 heteroatoms. The number of hydrogen-bond donors (Lipinski definition) is 0. The fraction of sp³-hybridized carbons (Fsp3) is 0.125. The quantitative estimate of drug-likeness (QED) is 0.623. The van der Waals surface area contributed by atoms with Crippen LogP contribution in [-0.2, 0) is 0 Å². The third-order valence-electron chi connectivity index (χ3n) is 3.79. The number of benzene rings is 1. The molecule has 0 heterocycles. The predicted molar refractivity (Wildman–Crippen MR) is 67.8 cm³/mol. The Balaban J connectivity index is 1.99. The Morgan fingerprint density at radius 2 is 1.94 bits per heavy atom. The summed E-state index contributed by atoms with van der Waals surface area (Å²) < 4.78 is 27.1. The molecule has 0 saturated heterocycles. The first kappa shape index (κ1) is 10.0. The fourth-order valence-corrected chi connectivity index (χ4v) is 3.02. The molecule has 4 rings (SSSR count). The summed E-state index contributed by atoms with van der Waals surface area (Å²) in [5, 5.41) is 0. The number of allylic oxidation sites excluding steroid dienone is 7. The van der Waals surface area contributed by atoms with Crippen molar-refractivity contribution < 1.29 is 8.78 Å². The highest BCUT2D eigenvalue weighted by atomic mass is 19.1. The van der Waals surface area contributed by atoms with Crippen molar-refractivity contribution in [1.82, 2.24) is 0 Å². The van der Waals surface area contributed by atoms with Crippen LogP contribution in [0.25, 0.3) is 11.6 Å². The van der Waals surface area contributed by atoms with Crippen molar-refractivity contribution in [2.75, 3.05) is 0 Å². The van der Waals surface area contributed by atoms with Gasteiger partial charge < -0.3 is 0 Å². The predicted octanol–water partition coefficient (Wildman–Crippen LogP) is 4.56. The topological polar surface area (TPSA) is 0 Å². The highest BCUT2D eigenvalue weighted by Crippen LogP contribution is 2.49. The van der Waals surface area contributed by atoms with Gasteiger partial charge in [-0.1, -0.05) is 6.07 Å². The summed E-state index contributed by atoms with van der Waals surface area (Å²) >= 11 is 0. The molecule has 0 fully saturated rings. The Labute approximate surface area is 104 Å². The van der Waals surface area contributed by atoms with Gasteiger partial charge in [0.05, 0.1) is 0 Å². The molecule has 3 aliphatic carbocycles. The van der Waals surface area contributed by atoms with Gasteiger partial charge >= 0.3 is 0 Å². The summed E-state index contributed by atoms with van der Waals surface area (Å²) in [7, 11) is 0. The van der Waals surface area contributed by atoms with E-state index in [4.69, 9.17) is 0 Å². The zero-order valence-electron chi connectivity index (χ0n) is 9.63. The van der Waals surface area contributed by atoms with Gasteiger partial charge in [-0.3, -0.25) is 0 Å². The lowest BCUT2D eigenvalue weighted by Gasteiger charge is -2.14. The third kappa shape index (κ3) is 1.18. The molecule has 0 atom stereocenters. The zero-order valence-corrected chi connectivity index (χ0v) is 9.63. The number of hydrogen-bond acceptors (Lipinski definition) is 0. The molecule has 0 bridgehead atoms. The molecule has 88 valence electrons. The van der Waals surface area contributed by atoms with E-state index in [9.17, 15) is 8.78 Å². The van der Waals surface area contributed by atoms with Crippen LogP contribution in [0.3, 0.4) is 0 Å². The lowest BCUT2D eigenvalue weighted by Crippen LogP contribution is -1.97. The van der Waals surface area contributed by atoms with Crippen molar-refractivity contribution >= 4 is 11.6 Å². The molecule has 0 radical (unpaired) electrons. The average Bonchev–Trinajstić information content (AvgIpc) is 2.86. The Kier molecular flexibility index (Phi) is 1.83. The largest absolute Gasteiger partial charge is 0.207 e. The van der Waals surface area contributed by atoms with E-state index in [-0.39, 0.29) is 11.6 Å². The summed E-state index contributed by atoms with van der Waals surface area (Å²) in [6.45, 7) is 0. The summed E-state index contributed by atoms with van der Waals surface area (Å²) in [4.78, 5) is 0. The van der Waals surface area contributed by atoms with Crippen molar-refractivity contribution in [3.05, 3.63) is 69.8 Å². The molecule has 0 aromatic heterocycles. The summed E-state index contributed by atoms with van der Waals surface area (Å²) in [6, 6.07) is 4.80. The molecule has 0 amide bonds. The lowest BCUT2D eigenvalue weighted by molar-refractivity contribution is 0.627. The first-order valence-electron chi connectivity index (χ1n) is 6.07. The highest BCUT2D eigenvalue weighted by Gasteiger charge is 2.31. The number of halogens is 2. The third-order valence-corrected chi connectivity index (χ3v) is 3.79. The van der Waals surface area contributed by atoms with Crippen molar-refractivity contribution in [3.63, 3.8) is 0 Å². The minimum atomic E-state index is -0.239. The van der Waals surface area contributed by atoms with Crippen molar-refractivity contribution in [2.24, 2.45) is 0 Å². The lowest BCUT2D eigenvalue weighted by atomic mass is 9.92. The first-order chi connectivity index (χ1) is 8.74. The van der Waals surface area contributed by atoms with Crippen LogP contribution in [0.1, 0.15) is 24.0 Å². The van der Waals surface area contributed by atoms with Crippen molar-refractivity contribution in [2.45, 2.75) is 12.8 Å². The molecular weight excluding hydrogens is 230 g/mol. The van der Waals surface area contributed by atoms with Crippen LogP contribution < -0.4 is 0 Å². The van der Waals surface area contributed by atoms with E-state index in [1.807, 2.05) is 12.2 Å². The molecular formula is C16H10F2. The standard InChI is InChI=1S/C16H10F2/c17-11-5-4-9-6-10-7-14-12(2-1-3-15(14)18)16(10)13(9)8-11/h3-8H,1-2H2. The van der Waals surface area contributed by atoms with Gasteiger partial charge in [0.2, 0.25) is 0 Å². The molecule has 0 nitrogen and oxygen atoms in total. The molecule has 18 heavy (non-hydrogen) atoms. The normalized spacial score (nSPS) is 20.0. The van der Waals surface area contributed by atoms with Crippen molar-refractivity contribution in [1.29, 1.82) is 0 Å². The van der Waals surface area contributed by atoms with Crippen LogP contribution in [-0.4, -0.2) is 0 Å². The van der Waals surface area contributed by atoms with E-state index in [0.717, 1.165) is 40.7 Å². The Morgan fingerprint density at radius 1 is 1.06 bits per heavy atom. The van der Waals surface area contributed by atoms with Gasteiger partial charge in [0.15, 0.2) is 0 Å². The molecule has 0 N–H and O–H groups in total. The van der Waals surface area contributed by atoms with Crippen LogP contribution >= 0.6 is 0 Å². The van der Waals surface area contributed by atoms with Crippen LogP contribution in [0.5, 0.6) is 0 Å². The minimum Gasteiger partial charge on any atom is -0.207 e. The summed E-state index contributed by atoms with van der Waals surface area (Å²) in [6.07, 6.45) is 7.08. The molecule has 1 aromatic carbocycles. The van der Waals surface area contributed by atoms with Crippen LogP contribution in [0.2, 0.25) is 0 Å². The highest BCUT2D eigenvalue weighted by molar-refractivity contribution is 6.03. The van der Waals surface area contributed by atoms with E-state index in [1.165, 1.54) is 6.07 Å². The SMILES string of the molecule is FC1=CCCC2=C3C(=Cc4ccc(F)cc43)C=C12. The van der Waals surface area contributed by atoms with Crippen LogP contribution in [0.4, 0.5) is 8.78 Å². The Morgan fingerprint density at radius 3 is 2.83 bits per heavy atom. The fourth-order valence-electron chi connectivity index (χ4n) is 3.02. The molecule has 0 saturated carbocycles. The van der Waals surface area contributed by atoms with Gasteiger partial charge in [0, 0.05) is 5.57 Å². The molecule has 1 aromatic rings. The Hall–Kier alpha value is -1.96. The minimum absolute atomic E-state index is 0.142. The van der Waals surface area contributed by atoms with Gasteiger partial charge in [-0.05, 0) is 71.0 Å². The maximum absolute atomic E-state index is 13.8. The van der Waals surface area contributed by atoms with Gasteiger partial charge in [-0.15, -0.1) is 0 Å². The maximum Gasteiger partial charge on any atom is 0.126 e. The van der Waals surface area contributed by atoms with E-state index < -0.39 is 0 Å². The van der Waals surface area contributed by atoms with Gasteiger partial charge in [-0.25, -0.2) is 8.78 Å². The van der Waals surface area contributed by atoms with Gasteiger partial charge in [0.1, 0.15) is 11.6 Å². The smallest absolute Gasteiger partial charge is 0.126 e. The van der Waals surface area contributed by atoms with Crippen LogP contribution in [0, 0.1) is 5.82 Å². The monoisotopic (exact) mass is 240 g/mol. The molecule has 0 spiro atoms. The van der Waals surface area contributed by atoms with E-state index >= 15 is 0 Å². The second-order valence-corrected chi connectivity index (χ2v) is 4.83. The van der Waals surface area contributed by atoms with E-state index in [0.29, 0.717) is 5.57 Å². The average molecular weight is 240 g/mol. The zero-order chi connectivity index (χ0) is 12.3. The van der Waals surface area contributed by atoms with Gasteiger partial charge in [0.25, 0.3) is 0 Å². The van der Waals surface area contributed by atoms with E-state index in [1.54, 1.807) is 18.2 Å². The number of fused-ring (bicyclic) bond motifs is 4. The second-order valence-electron chi connectivity index (χ2n) is 4.83. The summed E-state index contributed by atoms with van der Waals surface area (Å²) in [5.41, 5.74) is 5.71. The van der Waals surface area contributed by atoms with Crippen LogP contribution in [0.15, 0.2) is 52.9 Å². The second kappa shape index (κ2) is 3.29. The van der Waals surface area contributed by atoms with Crippen molar-refractivity contribution in [3.8, 4) is 0 Å². The Bertz CT molecular complexity index is 700. The molecule has 0 aliphatic heterocycles. The molecule has 3 aliphatic rings. The van der Waals surface area contributed by atoms with E-state index in [2.05, 4.69) is 0 Å². The number of rotatable bonds is 0. The molecule has 0 unspecified atom stereocenters.